The molecule has 0 spiro atoms. The Morgan fingerprint density at radius 2 is 1.52 bits per heavy atom. The molecule has 0 aliphatic carbocycles. The third-order valence-corrected chi connectivity index (χ3v) is 3.50. The van der Waals surface area contributed by atoms with Crippen molar-refractivity contribution in [2.24, 2.45) is 11.5 Å². The minimum Gasteiger partial charge on any atom is -0.478 e. The van der Waals surface area contributed by atoms with E-state index in [1.165, 1.54) is 42.5 Å². The summed E-state index contributed by atoms with van der Waals surface area (Å²) in [5.74, 6) is -3.34. The molecule has 0 saturated carbocycles. The van der Waals surface area contributed by atoms with E-state index in [2.05, 4.69) is 5.32 Å². The molecule has 6 N–H and O–H groups in total. The monoisotopic (exact) mass is 341 g/mol. The molecule has 2 rings (SSSR count). The summed E-state index contributed by atoms with van der Waals surface area (Å²) < 4.78 is 0. The van der Waals surface area contributed by atoms with Gasteiger partial charge in [-0.1, -0.05) is 18.2 Å². The number of nitrogens with two attached hydrogens (primary N) is 2. The topological polar surface area (TPSA) is 153 Å². The summed E-state index contributed by atoms with van der Waals surface area (Å²) in [7, 11) is 0. The van der Waals surface area contributed by atoms with E-state index in [9.17, 15) is 19.2 Å². The summed E-state index contributed by atoms with van der Waals surface area (Å²) in [6.45, 7) is -0.0793. The van der Waals surface area contributed by atoms with E-state index in [1.807, 2.05) is 0 Å². The number of aromatic carboxylic acids is 1. The van der Waals surface area contributed by atoms with Gasteiger partial charge in [0.15, 0.2) is 0 Å². The number of primary amides is 2. The third-order valence-electron chi connectivity index (χ3n) is 3.50. The number of hydrogen-bond donors (Lipinski definition) is 4. The lowest BCUT2D eigenvalue weighted by Gasteiger charge is -2.11. The zero-order chi connectivity index (χ0) is 18.6. The van der Waals surface area contributed by atoms with Crippen LogP contribution in [0.5, 0.6) is 0 Å². The van der Waals surface area contributed by atoms with Crippen LogP contribution in [0.25, 0.3) is 0 Å². The average molecular weight is 341 g/mol. The van der Waals surface area contributed by atoms with Crippen LogP contribution in [0.3, 0.4) is 0 Å². The summed E-state index contributed by atoms with van der Waals surface area (Å²) in [6, 6.07) is 9.84. The van der Waals surface area contributed by atoms with Gasteiger partial charge < -0.3 is 21.9 Å². The second-order valence-corrected chi connectivity index (χ2v) is 5.13. The van der Waals surface area contributed by atoms with Gasteiger partial charge in [0.05, 0.1) is 11.1 Å². The molecule has 0 atom stereocenters. The second-order valence-electron chi connectivity index (χ2n) is 5.13. The molecule has 0 aromatic heterocycles. The molecule has 2 aromatic rings. The summed E-state index contributed by atoms with van der Waals surface area (Å²) in [5, 5.41) is 11.6. The smallest absolute Gasteiger partial charge is 0.336 e. The fourth-order valence-corrected chi connectivity index (χ4v) is 2.25. The zero-order valence-corrected chi connectivity index (χ0v) is 13.0. The van der Waals surface area contributed by atoms with Gasteiger partial charge in [0, 0.05) is 17.7 Å². The van der Waals surface area contributed by atoms with Crippen LogP contribution < -0.4 is 16.8 Å². The molecule has 0 fully saturated rings. The predicted octanol–water partition coefficient (Wildman–Crippen LogP) is 0.513. The number of hydrogen-bond acceptors (Lipinski definition) is 4. The van der Waals surface area contributed by atoms with Crippen molar-refractivity contribution in [2.45, 2.75) is 6.54 Å². The zero-order valence-electron chi connectivity index (χ0n) is 13.0. The van der Waals surface area contributed by atoms with Crippen LogP contribution in [0.15, 0.2) is 42.5 Å². The first kappa shape index (κ1) is 17.7. The Morgan fingerprint density at radius 3 is 2.08 bits per heavy atom. The van der Waals surface area contributed by atoms with Gasteiger partial charge >= 0.3 is 5.97 Å². The number of carboxylic acids is 1. The van der Waals surface area contributed by atoms with Gasteiger partial charge in [0.1, 0.15) is 0 Å². The molecule has 128 valence electrons. The Bertz CT molecular complexity index is 876. The van der Waals surface area contributed by atoms with Crippen molar-refractivity contribution in [3.63, 3.8) is 0 Å². The van der Waals surface area contributed by atoms with E-state index in [1.54, 1.807) is 0 Å². The minimum absolute atomic E-state index is 0.00983. The molecule has 0 aliphatic heterocycles. The van der Waals surface area contributed by atoms with Crippen molar-refractivity contribution in [1.82, 2.24) is 5.32 Å². The maximum Gasteiger partial charge on any atom is 0.336 e. The number of benzene rings is 2. The molecule has 8 heteroatoms. The first-order valence-electron chi connectivity index (χ1n) is 7.14. The van der Waals surface area contributed by atoms with Gasteiger partial charge in [-0.25, -0.2) is 4.79 Å². The van der Waals surface area contributed by atoms with Crippen molar-refractivity contribution in [2.75, 3.05) is 0 Å². The van der Waals surface area contributed by atoms with Gasteiger partial charge in [-0.2, -0.15) is 0 Å². The third kappa shape index (κ3) is 3.99. The highest BCUT2D eigenvalue weighted by Crippen LogP contribution is 2.13. The SMILES string of the molecule is NC(=O)c1ccc(CNC(=O)c2ccccc2C(=O)O)c(C(N)=O)c1. The molecule has 3 amide bonds. The standard InChI is InChI=1S/C17H15N3O5/c18-14(21)9-5-6-10(13(7-9)15(19)22)8-20-16(23)11-3-1-2-4-12(11)17(24)25/h1-7H,8H2,(H2,18,21)(H2,19,22)(H,20,23)(H,24,25). The van der Waals surface area contributed by atoms with Crippen molar-refractivity contribution in [3.8, 4) is 0 Å². The normalized spacial score (nSPS) is 10.1. The highest BCUT2D eigenvalue weighted by molar-refractivity contribution is 6.05. The molecule has 0 unspecified atom stereocenters. The quantitative estimate of drug-likeness (QED) is 0.603. The number of carbonyl (C=O) groups excluding carboxylic acids is 3. The molecule has 0 heterocycles. The van der Waals surface area contributed by atoms with E-state index in [-0.39, 0.29) is 28.8 Å². The van der Waals surface area contributed by atoms with Crippen molar-refractivity contribution in [3.05, 3.63) is 70.3 Å². The lowest BCUT2D eigenvalue weighted by atomic mass is 10.0. The molecule has 0 saturated heterocycles. The Balaban J connectivity index is 2.24. The van der Waals surface area contributed by atoms with Crippen LogP contribution in [0, 0.1) is 0 Å². The van der Waals surface area contributed by atoms with Crippen molar-refractivity contribution < 1.29 is 24.3 Å². The summed E-state index contributed by atoms with van der Waals surface area (Å²) >= 11 is 0. The molecular weight excluding hydrogens is 326 g/mol. The summed E-state index contributed by atoms with van der Waals surface area (Å²) in [4.78, 5) is 46.1. The Hall–Kier alpha value is -3.68. The van der Waals surface area contributed by atoms with Gasteiger partial charge in [-0.3, -0.25) is 14.4 Å². The molecule has 0 aliphatic rings. The first-order chi connectivity index (χ1) is 11.8. The lowest BCUT2D eigenvalue weighted by molar-refractivity contribution is 0.0690. The second kappa shape index (κ2) is 7.26. The maximum absolute atomic E-state index is 12.2. The molecule has 25 heavy (non-hydrogen) atoms. The number of carboxylic acid groups (broad SMARTS) is 1. The number of carbonyl (C=O) groups is 4. The van der Waals surface area contributed by atoms with Crippen LogP contribution in [0.1, 0.15) is 47.0 Å². The summed E-state index contributed by atoms with van der Waals surface area (Å²) in [6.07, 6.45) is 0. The highest BCUT2D eigenvalue weighted by atomic mass is 16.4. The number of nitrogens with one attached hydrogen (secondary N) is 1. The van der Waals surface area contributed by atoms with Crippen molar-refractivity contribution >= 4 is 23.7 Å². The average Bonchev–Trinajstić information content (AvgIpc) is 2.59. The summed E-state index contributed by atoms with van der Waals surface area (Å²) in [5.41, 5.74) is 10.8. The maximum atomic E-state index is 12.2. The molecule has 2 aromatic carbocycles. The first-order valence-corrected chi connectivity index (χ1v) is 7.14. The Kier molecular flexibility index (Phi) is 5.13. The number of rotatable bonds is 6. The van der Waals surface area contributed by atoms with Gasteiger partial charge in [0.2, 0.25) is 11.8 Å². The van der Waals surface area contributed by atoms with Crippen LogP contribution in [0.4, 0.5) is 0 Å². The van der Waals surface area contributed by atoms with Crippen LogP contribution in [-0.4, -0.2) is 28.8 Å². The Labute approximate surface area is 142 Å². The van der Waals surface area contributed by atoms with E-state index in [4.69, 9.17) is 16.6 Å². The van der Waals surface area contributed by atoms with E-state index in [0.717, 1.165) is 0 Å². The van der Waals surface area contributed by atoms with E-state index < -0.39 is 23.7 Å². The lowest BCUT2D eigenvalue weighted by Crippen LogP contribution is -2.27. The number of amides is 3. The van der Waals surface area contributed by atoms with Gasteiger partial charge in [0.25, 0.3) is 5.91 Å². The molecule has 0 radical (unpaired) electrons. The Morgan fingerprint density at radius 1 is 0.880 bits per heavy atom. The van der Waals surface area contributed by atoms with Gasteiger partial charge in [-0.05, 0) is 29.8 Å². The highest BCUT2D eigenvalue weighted by Gasteiger charge is 2.17. The molecule has 0 bridgehead atoms. The van der Waals surface area contributed by atoms with Crippen molar-refractivity contribution in [1.29, 1.82) is 0 Å². The van der Waals surface area contributed by atoms with Gasteiger partial charge in [-0.15, -0.1) is 0 Å². The van der Waals surface area contributed by atoms with Crippen LogP contribution >= 0.6 is 0 Å². The minimum atomic E-state index is -1.23. The van der Waals surface area contributed by atoms with Crippen LogP contribution in [-0.2, 0) is 6.54 Å². The van der Waals surface area contributed by atoms with Crippen LogP contribution in [0.2, 0.25) is 0 Å². The fraction of sp³-hybridized carbons (Fsp3) is 0.0588. The predicted molar refractivity (Wildman–Crippen MR) is 88.0 cm³/mol. The largest absolute Gasteiger partial charge is 0.478 e. The molecule has 8 nitrogen and oxygen atoms in total. The fourth-order valence-electron chi connectivity index (χ4n) is 2.25. The van der Waals surface area contributed by atoms with E-state index in [0.29, 0.717) is 5.56 Å². The molecular formula is C17H15N3O5. The van der Waals surface area contributed by atoms with E-state index >= 15 is 0 Å².